The first-order chi connectivity index (χ1) is 14.2. The fourth-order valence-electron chi connectivity index (χ4n) is 3.82. The largest absolute Gasteiger partial charge is 0.354 e. The molecule has 1 atom stereocenters. The van der Waals surface area contributed by atoms with Crippen molar-refractivity contribution in [2.45, 2.75) is 32.4 Å². The smallest absolute Gasteiger partial charge is 0.191 e. The highest BCUT2D eigenvalue weighted by atomic mass is 127. The third-order valence-corrected chi connectivity index (χ3v) is 6.59. The summed E-state index contributed by atoms with van der Waals surface area (Å²) in [6.07, 6.45) is 4.52. The number of rotatable bonds is 6. The summed E-state index contributed by atoms with van der Waals surface area (Å²) in [5.41, 5.74) is 0.851. The zero-order chi connectivity index (χ0) is 20.1. The van der Waals surface area contributed by atoms with Gasteiger partial charge in [-0.2, -0.15) is 0 Å². The average molecular weight is 539 g/mol. The molecule has 3 aromatic heterocycles. The van der Waals surface area contributed by atoms with Crippen molar-refractivity contribution in [1.29, 1.82) is 0 Å². The Hall–Kier alpha value is -1.72. The van der Waals surface area contributed by atoms with E-state index in [-0.39, 0.29) is 24.0 Å². The number of guanidine groups is 1. The maximum Gasteiger partial charge on any atom is 0.191 e. The van der Waals surface area contributed by atoms with Gasteiger partial charge in [0.2, 0.25) is 0 Å². The standard InChI is InChI=1S/C21H29N7S.HI/c1-16-8-11-27(12-9-16)17(18-6-5-13-29-18)14-23-21(22-2)24-15-20-26-25-19-7-3-4-10-28(19)20;/h3-7,10,13,16-17H,8-9,11-12,14-15H2,1-2H3,(H2,22,23,24);1H. The molecule has 162 valence electrons. The van der Waals surface area contributed by atoms with Gasteiger partial charge in [0.25, 0.3) is 0 Å². The number of piperidine rings is 1. The molecule has 1 aliphatic heterocycles. The van der Waals surface area contributed by atoms with E-state index < -0.39 is 0 Å². The minimum absolute atomic E-state index is 0. The Kier molecular flexibility index (Phi) is 8.46. The number of thiophene rings is 1. The van der Waals surface area contributed by atoms with Crippen molar-refractivity contribution in [1.82, 2.24) is 30.1 Å². The quantitative estimate of drug-likeness (QED) is 0.285. The molecular formula is C21H30IN7S. The number of nitrogens with one attached hydrogen (secondary N) is 2. The lowest BCUT2D eigenvalue weighted by molar-refractivity contribution is 0.140. The minimum Gasteiger partial charge on any atom is -0.354 e. The maximum absolute atomic E-state index is 4.40. The van der Waals surface area contributed by atoms with Crippen molar-refractivity contribution in [2.24, 2.45) is 10.9 Å². The molecule has 0 aliphatic carbocycles. The van der Waals surface area contributed by atoms with Gasteiger partial charge in [0.05, 0.1) is 12.6 Å². The van der Waals surface area contributed by atoms with Crippen LogP contribution in [0.2, 0.25) is 0 Å². The van der Waals surface area contributed by atoms with Crippen LogP contribution in [0.15, 0.2) is 46.9 Å². The van der Waals surface area contributed by atoms with Crippen LogP contribution in [0, 0.1) is 5.92 Å². The van der Waals surface area contributed by atoms with Gasteiger partial charge in [-0.05, 0) is 55.4 Å². The lowest BCUT2D eigenvalue weighted by Gasteiger charge is -2.36. The number of pyridine rings is 1. The molecule has 0 spiro atoms. The number of nitrogens with zero attached hydrogens (tertiary/aromatic N) is 5. The van der Waals surface area contributed by atoms with E-state index in [9.17, 15) is 0 Å². The molecule has 4 heterocycles. The van der Waals surface area contributed by atoms with Gasteiger partial charge in [-0.1, -0.05) is 19.1 Å². The van der Waals surface area contributed by atoms with Crippen molar-refractivity contribution >= 4 is 46.9 Å². The Morgan fingerprint density at radius 2 is 2.03 bits per heavy atom. The van der Waals surface area contributed by atoms with Crippen molar-refractivity contribution < 1.29 is 0 Å². The molecule has 0 radical (unpaired) electrons. The Morgan fingerprint density at radius 1 is 1.20 bits per heavy atom. The molecule has 0 amide bonds. The van der Waals surface area contributed by atoms with Crippen LogP contribution >= 0.6 is 35.3 Å². The Labute approximate surface area is 199 Å². The lowest BCUT2D eigenvalue weighted by atomic mass is 9.97. The predicted molar refractivity (Wildman–Crippen MR) is 134 cm³/mol. The first-order valence-electron chi connectivity index (χ1n) is 10.2. The molecule has 30 heavy (non-hydrogen) atoms. The number of hydrogen-bond donors (Lipinski definition) is 2. The van der Waals surface area contributed by atoms with Crippen LogP contribution in [0.25, 0.3) is 5.65 Å². The van der Waals surface area contributed by atoms with Crippen LogP contribution in [0.1, 0.15) is 36.5 Å². The van der Waals surface area contributed by atoms with Gasteiger partial charge in [0.15, 0.2) is 17.4 Å². The Morgan fingerprint density at radius 3 is 2.77 bits per heavy atom. The molecule has 0 bridgehead atoms. The van der Waals surface area contributed by atoms with E-state index in [2.05, 4.69) is 55.2 Å². The van der Waals surface area contributed by atoms with Crippen LogP contribution in [0.3, 0.4) is 0 Å². The Balaban J connectivity index is 0.00000256. The fraction of sp³-hybridized carbons (Fsp3) is 0.476. The van der Waals surface area contributed by atoms with Crippen LogP contribution in [0.4, 0.5) is 0 Å². The number of aliphatic imine (C=N–C) groups is 1. The lowest BCUT2D eigenvalue weighted by Crippen LogP contribution is -2.44. The molecule has 9 heteroatoms. The second-order valence-electron chi connectivity index (χ2n) is 7.60. The summed E-state index contributed by atoms with van der Waals surface area (Å²) >= 11 is 1.83. The summed E-state index contributed by atoms with van der Waals surface area (Å²) in [4.78, 5) is 8.42. The highest BCUT2D eigenvalue weighted by Crippen LogP contribution is 2.29. The van der Waals surface area contributed by atoms with Gasteiger partial charge in [-0.3, -0.25) is 14.3 Å². The molecule has 1 unspecified atom stereocenters. The van der Waals surface area contributed by atoms with Gasteiger partial charge >= 0.3 is 0 Å². The second kappa shape index (κ2) is 11.1. The maximum atomic E-state index is 4.40. The number of hydrogen-bond acceptors (Lipinski definition) is 5. The second-order valence-corrected chi connectivity index (χ2v) is 8.58. The van der Waals surface area contributed by atoms with E-state index in [1.165, 1.54) is 17.7 Å². The summed E-state index contributed by atoms with van der Waals surface area (Å²) in [6.45, 7) is 6.06. The van der Waals surface area contributed by atoms with Crippen LogP contribution in [-0.2, 0) is 6.54 Å². The van der Waals surface area contributed by atoms with Crippen LogP contribution in [0.5, 0.6) is 0 Å². The monoisotopic (exact) mass is 539 g/mol. The van der Waals surface area contributed by atoms with Crippen molar-refractivity contribution in [3.63, 3.8) is 0 Å². The predicted octanol–water partition coefficient (Wildman–Crippen LogP) is 3.55. The molecule has 2 N–H and O–H groups in total. The van der Waals surface area contributed by atoms with E-state index in [0.717, 1.165) is 43.0 Å². The van der Waals surface area contributed by atoms with Gasteiger partial charge in [0.1, 0.15) is 0 Å². The van der Waals surface area contributed by atoms with E-state index in [4.69, 9.17) is 0 Å². The zero-order valence-corrected chi connectivity index (χ0v) is 20.6. The van der Waals surface area contributed by atoms with E-state index >= 15 is 0 Å². The van der Waals surface area contributed by atoms with Gasteiger partial charge < -0.3 is 10.6 Å². The first-order valence-corrected chi connectivity index (χ1v) is 11.1. The third kappa shape index (κ3) is 5.50. The summed E-state index contributed by atoms with van der Waals surface area (Å²) < 4.78 is 1.99. The van der Waals surface area contributed by atoms with Gasteiger partial charge in [-0.15, -0.1) is 45.5 Å². The molecule has 1 aliphatic rings. The summed E-state index contributed by atoms with van der Waals surface area (Å²) in [6, 6.07) is 10.7. The molecule has 0 saturated carbocycles. The summed E-state index contributed by atoms with van der Waals surface area (Å²) in [5, 5.41) is 17.5. The number of aromatic nitrogens is 3. The summed E-state index contributed by atoms with van der Waals surface area (Å²) in [5.74, 6) is 2.48. The van der Waals surface area contributed by atoms with E-state index in [1.54, 1.807) is 7.05 Å². The molecule has 7 nitrogen and oxygen atoms in total. The van der Waals surface area contributed by atoms with Gasteiger partial charge in [0, 0.05) is 24.7 Å². The highest BCUT2D eigenvalue weighted by Gasteiger charge is 2.25. The first kappa shape index (κ1) is 23.0. The number of halogens is 1. The topological polar surface area (TPSA) is 69.8 Å². The minimum atomic E-state index is 0. The highest BCUT2D eigenvalue weighted by molar-refractivity contribution is 14.0. The molecule has 0 aromatic carbocycles. The average Bonchev–Trinajstić information content (AvgIpc) is 3.42. The summed E-state index contributed by atoms with van der Waals surface area (Å²) in [7, 11) is 1.81. The Bertz CT molecular complexity index is 932. The van der Waals surface area contributed by atoms with Crippen molar-refractivity contribution in [3.8, 4) is 0 Å². The zero-order valence-electron chi connectivity index (χ0n) is 17.5. The van der Waals surface area contributed by atoms with Crippen LogP contribution < -0.4 is 10.6 Å². The third-order valence-electron chi connectivity index (χ3n) is 5.62. The number of fused-ring (bicyclic) bond motifs is 1. The van der Waals surface area contributed by atoms with Crippen molar-refractivity contribution in [2.75, 3.05) is 26.7 Å². The SMILES string of the molecule is CN=C(NCc1nnc2ccccn12)NCC(c1cccs1)N1CCC(C)CC1.I. The van der Waals surface area contributed by atoms with Gasteiger partial charge in [-0.25, -0.2) is 0 Å². The molecule has 3 aromatic rings. The number of likely N-dealkylation sites (tertiary alicyclic amines) is 1. The van der Waals surface area contributed by atoms with Crippen LogP contribution in [-0.4, -0.2) is 52.1 Å². The molecular weight excluding hydrogens is 509 g/mol. The molecule has 1 saturated heterocycles. The van der Waals surface area contributed by atoms with E-state index in [0.29, 0.717) is 12.6 Å². The van der Waals surface area contributed by atoms with Crippen molar-refractivity contribution in [3.05, 3.63) is 52.6 Å². The van der Waals surface area contributed by atoms with E-state index in [1.807, 2.05) is 40.1 Å². The normalized spacial score (nSPS) is 16.9. The molecule has 1 fully saturated rings. The molecule has 4 rings (SSSR count). The fourth-order valence-corrected chi connectivity index (χ4v) is 4.68.